The van der Waals surface area contributed by atoms with Crippen LogP contribution in [0.3, 0.4) is 0 Å². The molecule has 0 fully saturated rings. The maximum Gasteiger partial charge on any atom is 0.303 e. The van der Waals surface area contributed by atoms with Gasteiger partial charge in [-0.3, -0.25) is 4.79 Å². The van der Waals surface area contributed by atoms with E-state index in [9.17, 15) is 4.79 Å². The third-order valence-electron chi connectivity index (χ3n) is 4.65. The van der Waals surface area contributed by atoms with Gasteiger partial charge < -0.3 is 5.11 Å². The minimum Gasteiger partial charge on any atom is -0.481 e. The number of carbonyl (C=O) groups is 1. The molecule has 1 atom stereocenters. The predicted molar refractivity (Wildman–Crippen MR) is 119 cm³/mol. The predicted octanol–water partition coefficient (Wildman–Crippen LogP) is 6.24. The normalized spacial score (nSPS) is 15.8. The van der Waals surface area contributed by atoms with E-state index in [-0.39, 0.29) is 6.42 Å². The highest BCUT2D eigenvalue weighted by atomic mass is 31.2. The summed E-state index contributed by atoms with van der Waals surface area (Å²) in [5.41, 5.74) is 0. The quantitative estimate of drug-likeness (QED) is 0.297. The van der Waals surface area contributed by atoms with Gasteiger partial charge in [-0.15, -0.1) is 0 Å². The molecule has 0 amide bonds. The minimum atomic E-state index is -1.93. The van der Waals surface area contributed by atoms with Crippen LogP contribution in [0.1, 0.15) is 25.7 Å². The number of carboxylic acids is 1. The van der Waals surface area contributed by atoms with E-state index in [0.29, 0.717) is 6.42 Å². The molecule has 1 aromatic rings. The Bertz CT molecular complexity index is 784. The van der Waals surface area contributed by atoms with Gasteiger partial charge in [0.1, 0.15) is 17.9 Å². The molecule has 1 aliphatic rings. The van der Waals surface area contributed by atoms with Crippen molar-refractivity contribution in [3.05, 3.63) is 103 Å². The summed E-state index contributed by atoms with van der Waals surface area (Å²) in [5.74, 6) is -0.736. The van der Waals surface area contributed by atoms with Crippen molar-refractivity contribution in [3.8, 4) is 0 Å². The molecular formula is C24H28O2P+. The topological polar surface area (TPSA) is 37.3 Å². The van der Waals surface area contributed by atoms with Crippen molar-refractivity contribution in [3.63, 3.8) is 0 Å². The van der Waals surface area contributed by atoms with Crippen molar-refractivity contribution in [2.24, 2.45) is 0 Å². The van der Waals surface area contributed by atoms with Crippen molar-refractivity contribution >= 4 is 18.5 Å². The van der Waals surface area contributed by atoms with Crippen molar-refractivity contribution in [2.75, 3.05) is 6.16 Å². The molecule has 1 unspecified atom stereocenters. The maximum absolute atomic E-state index is 11.0. The van der Waals surface area contributed by atoms with Crippen molar-refractivity contribution in [2.45, 2.75) is 25.7 Å². The van der Waals surface area contributed by atoms with Crippen LogP contribution in [0.5, 0.6) is 0 Å². The van der Waals surface area contributed by atoms with E-state index >= 15 is 0 Å². The van der Waals surface area contributed by atoms with Gasteiger partial charge in [-0.25, -0.2) is 0 Å². The summed E-state index contributed by atoms with van der Waals surface area (Å²) in [6, 6.07) is 10.5. The molecule has 3 heteroatoms. The summed E-state index contributed by atoms with van der Waals surface area (Å²) in [6.45, 7) is 8.25. The summed E-state index contributed by atoms with van der Waals surface area (Å²) in [6.07, 6.45) is 20.2. The first-order valence-corrected chi connectivity index (χ1v) is 11.3. The number of benzene rings is 1. The van der Waals surface area contributed by atoms with Crippen molar-refractivity contribution < 1.29 is 9.90 Å². The lowest BCUT2D eigenvalue weighted by molar-refractivity contribution is -0.137. The molecule has 0 saturated carbocycles. The van der Waals surface area contributed by atoms with Crippen molar-refractivity contribution in [1.29, 1.82) is 0 Å². The average molecular weight is 379 g/mol. The third-order valence-corrected chi connectivity index (χ3v) is 9.13. The van der Waals surface area contributed by atoms with Gasteiger partial charge in [0.05, 0.1) is 11.5 Å². The first-order valence-electron chi connectivity index (χ1n) is 9.29. The van der Waals surface area contributed by atoms with E-state index in [1.54, 1.807) is 6.08 Å². The number of unbranched alkanes of at least 4 members (excludes halogenated alkanes) is 1. The van der Waals surface area contributed by atoms with Gasteiger partial charge in [0.25, 0.3) is 0 Å². The van der Waals surface area contributed by atoms with Crippen LogP contribution in [0, 0.1) is 0 Å². The van der Waals surface area contributed by atoms with E-state index in [1.165, 1.54) is 10.6 Å². The molecular weight excluding hydrogens is 351 g/mol. The first kappa shape index (κ1) is 20.9. The lowest BCUT2D eigenvalue weighted by atomic mass is 10.2. The molecule has 2 nitrogen and oxygen atoms in total. The first-order chi connectivity index (χ1) is 13.1. The largest absolute Gasteiger partial charge is 0.481 e. The monoisotopic (exact) mass is 379 g/mol. The smallest absolute Gasteiger partial charge is 0.303 e. The van der Waals surface area contributed by atoms with Crippen LogP contribution >= 0.6 is 7.26 Å². The SMILES string of the molecule is C=C/C=C\C(=C)[P+](CCCCC(=O)O)(C1=CC=CCC=C1)c1ccccc1. The van der Waals surface area contributed by atoms with Crippen molar-refractivity contribution in [1.82, 2.24) is 0 Å². The fourth-order valence-corrected chi connectivity index (χ4v) is 7.50. The lowest BCUT2D eigenvalue weighted by Gasteiger charge is -2.28. The fourth-order valence-electron chi connectivity index (χ4n) is 3.32. The summed E-state index contributed by atoms with van der Waals surface area (Å²) < 4.78 is 0. The summed E-state index contributed by atoms with van der Waals surface area (Å²) in [4.78, 5) is 11.0. The number of rotatable bonds is 10. The van der Waals surface area contributed by atoms with Gasteiger partial charge >= 0.3 is 5.97 Å². The van der Waals surface area contributed by atoms with Gasteiger partial charge in [-0.05, 0) is 49.6 Å². The molecule has 0 spiro atoms. The molecule has 0 bridgehead atoms. The van der Waals surface area contributed by atoms with E-state index in [2.05, 4.69) is 73.9 Å². The molecule has 140 valence electrons. The minimum absolute atomic E-state index is 0.207. The molecule has 1 aliphatic carbocycles. The van der Waals surface area contributed by atoms with Gasteiger partial charge in [0, 0.05) is 6.42 Å². The fraction of sp³-hybridized carbons (Fsp3) is 0.208. The second kappa shape index (κ2) is 10.6. The van der Waals surface area contributed by atoms with Crippen LogP contribution in [-0.2, 0) is 4.79 Å². The zero-order valence-corrected chi connectivity index (χ0v) is 16.7. The molecule has 0 radical (unpaired) electrons. The van der Waals surface area contributed by atoms with Crippen LogP contribution < -0.4 is 5.30 Å². The second-order valence-electron chi connectivity index (χ2n) is 6.46. The zero-order chi connectivity index (χ0) is 19.5. The highest BCUT2D eigenvalue weighted by molar-refractivity contribution is 7.90. The Morgan fingerprint density at radius 2 is 1.96 bits per heavy atom. The number of carboxylic acid groups (broad SMARTS) is 1. The van der Waals surface area contributed by atoms with Gasteiger partial charge in [-0.2, -0.15) is 0 Å². The van der Waals surface area contributed by atoms with Gasteiger partial charge in [0.2, 0.25) is 0 Å². The van der Waals surface area contributed by atoms with Crippen LogP contribution in [0.15, 0.2) is 103 Å². The van der Waals surface area contributed by atoms with Crippen LogP contribution in [0.2, 0.25) is 0 Å². The lowest BCUT2D eigenvalue weighted by Crippen LogP contribution is -2.17. The van der Waals surface area contributed by atoms with E-state index in [1.807, 2.05) is 12.1 Å². The van der Waals surface area contributed by atoms with E-state index in [0.717, 1.165) is 24.3 Å². The summed E-state index contributed by atoms with van der Waals surface area (Å²) >= 11 is 0. The van der Waals surface area contributed by atoms with E-state index in [4.69, 9.17) is 5.11 Å². The maximum atomic E-state index is 11.0. The Balaban J connectivity index is 2.53. The number of aliphatic carboxylic acids is 1. The molecule has 0 aromatic heterocycles. The van der Waals surface area contributed by atoms with Crippen LogP contribution in [0.25, 0.3) is 0 Å². The Morgan fingerprint density at radius 3 is 2.67 bits per heavy atom. The molecule has 1 N–H and O–H groups in total. The molecule has 27 heavy (non-hydrogen) atoms. The summed E-state index contributed by atoms with van der Waals surface area (Å²) in [7, 11) is -1.93. The molecule has 1 aromatic carbocycles. The number of allylic oxidation sites excluding steroid dienone is 10. The zero-order valence-electron chi connectivity index (χ0n) is 15.8. The highest BCUT2D eigenvalue weighted by Crippen LogP contribution is 2.71. The molecule has 0 heterocycles. The van der Waals surface area contributed by atoms with Gasteiger partial charge in [-0.1, -0.05) is 61.7 Å². The molecule has 0 aliphatic heterocycles. The average Bonchev–Trinajstić information content (AvgIpc) is 2.96. The van der Waals surface area contributed by atoms with Gasteiger partial charge in [0.15, 0.2) is 0 Å². The Labute approximate surface area is 163 Å². The third kappa shape index (κ3) is 5.52. The second-order valence-corrected chi connectivity index (χ2v) is 10.1. The number of hydrogen-bond donors (Lipinski definition) is 1. The standard InChI is InChI=1S/C24H27O2P/c1-3-4-14-21(2)27(20-13-12-19-24(25)26,23-17-10-7-11-18-23)22-15-8-5-6-9-16-22/h3-5,7-11,14-18H,1-2,6,12-13,19-20H2/p+1/b14-4-. The molecule has 0 saturated heterocycles. The number of hydrogen-bond acceptors (Lipinski definition) is 1. The molecule has 2 rings (SSSR count). The van der Waals surface area contributed by atoms with Crippen LogP contribution in [-0.4, -0.2) is 17.2 Å². The Hall–Kier alpha value is -2.44. The Morgan fingerprint density at radius 1 is 1.19 bits per heavy atom. The van der Waals surface area contributed by atoms with Crippen LogP contribution in [0.4, 0.5) is 0 Å². The Kier molecular flexibility index (Phi) is 8.23. The highest BCUT2D eigenvalue weighted by Gasteiger charge is 2.45. The van der Waals surface area contributed by atoms with E-state index < -0.39 is 13.2 Å². The summed E-state index contributed by atoms with van der Waals surface area (Å²) in [5, 5.41) is 12.7.